The molecular formula is C17H22O4. The van der Waals surface area contributed by atoms with Gasteiger partial charge < -0.3 is 14.6 Å². The third-order valence-electron chi connectivity index (χ3n) is 3.77. The summed E-state index contributed by atoms with van der Waals surface area (Å²) in [6.07, 6.45) is 7.59. The molecule has 0 spiro atoms. The summed E-state index contributed by atoms with van der Waals surface area (Å²) in [5.41, 5.74) is 1.93. The molecule has 1 N–H and O–H groups in total. The lowest BCUT2D eigenvalue weighted by atomic mass is 9.95. The van der Waals surface area contributed by atoms with E-state index in [1.54, 1.807) is 13.2 Å². The van der Waals surface area contributed by atoms with Gasteiger partial charge in [0.05, 0.1) is 18.8 Å². The van der Waals surface area contributed by atoms with Crippen LogP contribution in [-0.2, 0) is 20.9 Å². The highest BCUT2D eigenvalue weighted by atomic mass is 16.5. The lowest BCUT2D eigenvalue weighted by molar-refractivity contribution is -0.131. The van der Waals surface area contributed by atoms with Crippen LogP contribution in [0, 0.1) is 0 Å². The number of methoxy groups -OCH3 is 1. The molecule has 0 amide bonds. The van der Waals surface area contributed by atoms with Crippen LogP contribution in [0.4, 0.5) is 0 Å². The van der Waals surface area contributed by atoms with Gasteiger partial charge in [-0.3, -0.25) is 0 Å². The van der Waals surface area contributed by atoms with Crippen molar-refractivity contribution in [2.24, 2.45) is 0 Å². The molecule has 2 rings (SSSR count). The summed E-state index contributed by atoms with van der Waals surface area (Å²) < 4.78 is 11.4. The summed E-state index contributed by atoms with van der Waals surface area (Å²) in [4.78, 5) is 10.5. The van der Waals surface area contributed by atoms with Crippen molar-refractivity contribution in [3.05, 3.63) is 41.5 Å². The van der Waals surface area contributed by atoms with Crippen molar-refractivity contribution in [3.8, 4) is 0 Å². The Balaban J connectivity index is 1.88. The summed E-state index contributed by atoms with van der Waals surface area (Å²) in [6, 6.07) is 7.74. The number of rotatable bonds is 6. The van der Waals surface area contributed by atoms with E-state index in [-0.39, 0.29) is 6.10 Å². The Morgan fingerprint density at radius 1 is 1.38 bits per heavy atom. The molecular weight excluding hydrogens is 268 g/mol. The fraction of sp³-hybridized carbons (Fsp3) is 0.471. The molecule has 0 radical (unpaired) electrons. The highest BCUT2D eigenvalue weighted by Crippen LogP contribution is 2.24. The molecule has 1 aliphatic rings. The van der Waals surface area contributed by atoms with E-state index < -0.39 is 5.97 Å². The predicted molar refractivity (Wildman–Crippen MR) is 81.0 cm³/mol. The van der Waals surface area contributed by atoms with Crippen molar-refractivity contribution in [1.29, 1.82) is 0 Å². The van der Waals surface area contributed by atoms with Crippen molar-refractivity contribution in [2.45, 2.75) is 44.5 Å². The van der Waals surface area contributed by atoms with Crippen LogP contribution in [0.2, 0.25) is 0 Å². The van der Waals surface area contributed by atoms with Gasteiger partial charge in [-0.05, 0) is 49.0 Å². The van der Waals surface area contributed by atoms with Crippen LogP contribution in [0.15, 0.2) is 30.3 Å². The average molecular weight is 290 g/mol. The van der Waals surface area contributed by atoms with Crippen LogP contribution in [0.1, 0.15) is 36.8 Å². The summed E-state index contributed by atoms with van der Waals surface area (Å²) in [5, 5.41) is 8.64. The Hall–Kier alpha value is -1.65. The largest absolute Gasteiger partial charge is 0.478 e. The summed E-state index contributed by atoms with van der Waals surface area (Å²) >= 11 is 0. The minimum Gasteiger partial charge on any atom is -0.478 e. The number of aliphatic carboxylic acids is 1. The number of hydrogen-bond acceptors (Lipinski definition) is 3. The maximum absolute atomic E-state index is 10.5. The SMILES string of the molecule is COC1CCCC(OCc2cccc(C=CC(=O)O)c2)C1. The standard InChI is InChI=1S/C17H22O4/c1-20-15-6-3-7-16(11-15)21-12-14-5-2-4-13(10-14)8-9-17(18)19/h2,4-5,8-10,15-16H,3,6-7,11-12H2,1H3,(H,18,19). The smallest absolute Gasteiger partial charge is 0.328 e. The Morgan fingerprint density at radius 2 is 2.19 bits per heavy atom. The van der Waals surface area contributed by atoms with Crippen LogP contribution in [0.5, 0.6) is 0 Å². The molecule has 0 saturated heterocycles. The second-order valence-corrected chi connectivity index (χ2v) is 5.37. The number of ether oxygens (including phenoxy) is 2. The van der Waals surface area contributed by atoms with Gasteiger partial charge in [-0.2, -0.15) is 0 Å². The molecule has 0 bridgehead atoms. The first-order valence-corrected chi connectivity index (χ1v) is 7.31. The van der Waals surface area contributed by atoms with Crippen LogP contribution < -0.4 is 0 Å². The van der Waals surface area contributed by atoms with E-state index in [2.05, 4.69) is 0 Å². The normalized spacial score (nSPS) is 22.5. The zero-order valence-electron chi connectivity index (χ0n) is 12.3. The van der Waals surface area contributed by atoms with Gasteiger partial charge in [-0.1, -0.05) is 18.2 Å². The highest BCUT2D eigenvalue weighted by molar-refractivity contribution is 5.85. The van der Waals surface area contributed by atoms with Crippen LogP contribution in [0.25, 0.3) is 6.08 Å². The van der Waals surface area contributed by atoms with Crippen LogP contribution in [-0.4, -0.2) is 30.4 Å². The summed E-state index contributed by atoms with van der Waals surface area (Å²) in [6.45, 7) is 0.551. The lowest BCUT2D eigenvalue weighted by Crippen LogP contribution is -2.27. The average Bonchev–Trinajstić information content (AvgIpc) is 2.51. The van der Waals surface area contributed by atoms with E-state index >= 15 is 0 Å². The number of carbonyl (C=O) groups is 1. The van der Waals surface area contributed by atoms with Crippen molar-refractivity contribution < 1.29 is 19.4 Å². The molecule has 0 aromatic heterocycles. The fourth-order valence-electron chi connectivity index (χ4n) is 2.64. The molecule has 1 aromatic rings. The van der Waals surface area contributed by atoms with Crippen molar-refractivity contribution in [3.63, 3.8) is 0 Å². The molecule has 1 fully saturated rings. The third-order valence-corrected chi connectivity index (χ3v) is 3.77. The number of benzene rings is 1. The van der Waals surface area contributed by atoms with E-state index in [1.807, 2.05) is 24.3 Å². The lowest BCUT2D eigenvalue weighted by Gasteiger charge is -2.28. The Morgan fingerprint density at radius 3 is 2.95 bits per heavy atom. The molecule has 114 valence electrons. The quantitative estimate of drug-likeness (QED) is 0.817. The summed E-state index contributed by atoms with van der Waals surface area (Å²) in [7, 11) is 1.76. The van der Waals surface area contributed by atoms with Gasteiger partial charge in [-0.15, -0.1) is 0 Å². The zero-order chi connectivity index (χ0) is 15.1. The van der Waals surface area contributed by atoms with Crippen molar-refractivity contribution >= 4 is 12.0 Å². The second kappa shape index (κ2) is 7.96. The maximum Gasteiger partial charge on any atom is 0.328 e. The molecule has 21 heavy (non-hydrogen) atoms. The van der Waals surface area contributed by atoms with Gasteiger partial charge in [0.2, 0.25) is 0 Å². The molecule has 4 nitrogen and oxygen atoms in total. The molecule has 1 aliphatic carbocycles. The van der Waals surface area contributed by atoms with Crippen molar-refractivity contribution in [1.82, 2.24) is 0 Å². The van der Waals surface area contributed by atoms with E-state index in [0.717, 1.165) is 42.9 Å². The Kier molecular flexibility index (Phi) is 5.96. The van der Waals surface area contributed by atoms with Crippen LogP contribution in [0.3, 0.4) is 0 Å². The van der Waals surface area contributed by atoms with Crippen molar-refractivity contribution in [2.75, 3.05) is 7.11 Å². The molecule has 4 heteroatoms. The van der Waals surface area contributed by atoms with E-state index in [4.69, 9.17) is 14.6 Å². The van der Waals surface area contributed by atoms with E-state index in [9.17, 15) is 4.79 Å². The van der Waals surface area contributed by atoms with E-state index in [0.29, 0.717) is 12.7 Å². The molecule has 0 heterocycles. The van der Waals surface area contributed by atoms with Gasteiger partial charge in [0.25, 0.3) is 0 Å². The number of hydrogen-bond donors (Lipinski definition) is 1. The van der Waals surface area contributed by atoms with Gasteiger partial charge >= 0.3 is 5.97 Å². The fourth-order valence-corrected chi connectivity index (χ4v) is 2.64. The molecule has 2 atom stereocenters. The van der Waals surface area contributed by atoms with Gasteiger partial charge in [0.15, 0.2) is 0 Å². The van der Waals surface area contributed by atoms with E-state index in [1.165, 1.54) is 0 Å². The molecule has 0 aliphatic heterocycles. The monoisotopic (exact) mass is 290 g/mol. The number of carboxylic acids is 1. The molecule has 1 aromatic carbocycles. The topological polar surface area (TPSA) is 55.8 Å². The Labute approximate surface area is 125 Å². The van der Waals surface area contributed by atoms with Crippen LogP contribution >= 0.6 is 0 Å². The zero-order valence-corrected chi connectivity index (χ0v) is 12.3. The maximum atomic E-state index is 10.5. The minimum atomic E-state index is -0.940. The first-order valence-electron chi connectivity index (χ1n) is 7.31. The highest BCUT2D eigenvalue weighted by Gasteiger charge is 2.22. The van der Waals surface area contributed by atoms with Gasteiger partial charge in [-0.25, -0.2) is 4.79 Å². The van der Waals surface area contributed by atoms with Gasteiger partial charge in [0, 0.05) is 13.2 Å². The Bertz CT molecular complexity index is 495. The summed E-state index contributed by atoms with van der Waals surface area (Å²) in [5.74, 6) is -0.940. The molecule has 1 saturated carbocycles. The number of carboxylic acid groups (broad SMARTS) is 1. The first kappa shape index (κ1) is 15.7. The molecule has 2 unspecified atom stereocenters. The second-order valence-electron chi connectivity index (χ2n) is 5.37. The third kappa shape index (κ3) is 5.33. The first-order chi connectivity index (χ1) is 10.2. The van der Waals surface area contributed by atoms with Gasteiger partial charge in [0.1, 0.15) is 0 Å². The minimum absolute atomic E-state index is 0.252. The predicted octanol–water partition coefficient (Wildman–Crippen LogP) is 3.26.